The third-order valence-corrected chi connectivity index (χ3v) is 9.05. The van der Waals surface area contributed by atoms with Crippen molar-refractivity contribution in [3.8, 4) is 5.75 Å². The van der Waals surface area contributed by atoms with E-state index in [9.17, 15) is 54.0 Å². The van der Waals surface area contributed by atoms with Gasteiger partial charge in [-0.3, -0.25) is 33.7 Å². The molecular formula is C37H52N4O15. The van der Waals surface area contributed by atoms with Crippen molar-refractivity contribution in [3.63, 3.8) is 0 Å². The second-order valence-electron chi connectivity index (χ2n) is 14.5. The molecule has 1 saturated heterocycles. The summed E-state index contributed by atoms with van der Waals surface area (Å²) in [7, 11) is 0. The number of benzene rings is 1. The van der Waals surface area contributed by atoms with E-state index in [1.165, 1.54) is 18.2 Å². The third kappa shape index (κ3) is 13.4. The van der Waals surface area contributed by atoms with Gasteiger partial charge < -0.3 is 55.3 Å². The molecule has 3 rings (SSSR count). The van der Waals surface area contributed by atoms with Crippen molar-refractivity contribution >= 4 is 47.2 Å². The Kier molecular flexibility index (Phi) is 16.5. The third-order valence-electron chi connectivity index (χ3n) is 9.05. The minimum Gasteiger partial charge on any atom is -0.479 e. The first-order valence-corrected chi connectivity index (χ1v) is 18.1. The SMILES string of the molecule is CCC(=O)OCc1ccc(O[C@@H]2O[C@H](C(=O)O)[C@@H](O)[C@H](O)[C@H]2O)c(NC(=O)CCNC(=O)C(C)(C)CCOC(C)(C)CCNC(=O)CCN2C(=O)C=CC2=O)c1. The number of aliphatic hydroxyl groups is 3. The van der Waals surface area contributed by atoms with Gasteiger partial charge in [0.2, 0.25) is 24.0 Å². The molecule has 0 bridgehead atoms. The van der Waals surface area contributed by atoms with E-state index in [1.807, 2.05) is 13.8 Å². The Balaban J connectivity index is 1.49. The Morgan fingerprint density at radius 2 is 1.55 bits per heavy atom. The second-order valence-corrected chi connectivity index (χ2v) is 14.5. The van der Waals surface area contributed by atoms with Crippen molar-refractivity contribution in [2.75, 3.05) is 31.6 Å². The van der Waals surface area contributed by atoms with Gasteiger partial charge in [-0.25, -0.2) is 4.79 Å². The maximum absolute atomic E-state index is 13.1. The van der Waals surface area contributed by atoms with Gasteiger partial charge in [-0.05, 0) is 44.4 Å². The van der Waals surface area contributed by atoms with Crippen LogP contribution in [0.4, 0.5) is 5.69 Å². The molecule has 7 N–H and O–H groups in total. The fourth-order valence-electron chi connectivity index (χ4n) is 5.37. The highest BCUT2D eigenvalue weighted by Gasteiger charge is 2.48. The van der Waals surface area contributed by atoms with Gasteiger partial charge in [0.05, 0.1) is 11.3 Å². The number of nitrogens with one attached hydrogen (secondary N) is 3. The number of esters is 1. The highest BCUT2D eigenvalue weighted by atomic mass is 16.7. The molecule has 0 aliphatic carbocycles. The summed E-state index contributed by atoms with van der Waals surface area (Å²) in [5.41, 5.74) is -1.09. The van der Waals surface area contributed by atoms with Crippen LogP contribution in [0.15, 0.2) is 30.4 Å². The zero-order valence-electron chi connectivity index (χ0n) is 32.1. The first-order valence-electron chi connectivity index (χ1n) is 18.1. The van der Waals surface area contributed by atoms with E-state index in [1.54, 1.807) is 20.8 Å². The summed E-state index contributed by atoms with van der Waals surface area (Å²) in [5.74, 6) is -4.33. The van der Waals surface area contributed by atoms with E-state index in [4.69, 9.17) is 18.9 Å². The molecule has 1 aromatic carbocycles. The number of aliphatic hydroxyl groups excluding tert-OH is 3. The van der Waals surface area contributed by atoms with E-state index in [2.05, 4.69) is 16.0 Å². The zero-order chi connectivity index (χ0) is 41.8. The van der Waals surface area contributed by atoms with Crippen LogP contribution in [0.3, 0.4) is 0 Å². The van der Waals surface area contributed by atoms with Gasteiger partial charge in [-0.1, -0.05) is 26.8 Å². The average Bonchev–Trinajstić information content (AvgIpc) is 3.45. The van der Waals surface area contributed by atoms with Gasteiger partial charge in [-0.2, -0.15) is 0 Å². The molecule has 5 atom stereocenters. The van der Waals surface area contributed by atoms with E-state index >= 15 is 0 Å². The number of imide groups is 1. The van der Waals surface area contributed by atoms with Crippen LogP contribution in [0.2, 0.25) is 0 Å². The highest BCUT2D eigenvalue weighted by molar-refractivity contribution is 6.13. The largest absolute Gasteiger partial charge is 0.479 e. The van der Waals surface area contributed by atoms with Crippen molar-refractivity contribution in [2.45, 2.75) is 110 Å². The number of hydrogen-bond acceptors (Lipinski definition) is 14. The molecule has 310 valence electrons. The lowest BCUT2D eigenvalue weighted by atomic mass is 9.88. The molecule has 0 spiro atoms. The van der Waals surface area contributed by atoms with Crippen LogP contribution < -0.4 is 20.7 Å². The summed E-state index contributed by atoms with van der Waals surface area (Å²) in [6.45, 7) is 9.01. The van der Waals surface area contributed by atoms with Crippen LogP contribution in [0.5, 0.6) is 5.75 Å². The topological polar surface area (TPSA) is 277 Å². The van der Waals surface area contributed by atoms with Crippen LogP contribution in [0, 0.1) is 5.41 Å². The second kappa shape index (κ2) is 20.3. The lowest BCUT2D eigenvalue weighted by molar-refractivity contribution is -0.271. The number of amides is 5. The molecule has 0 unspecified atom stereocenters. The van der Waals surface area contributed by atoms with Crippen molar-refractivity contribution in [1.82, 2.24) is 15.5 Å². The lowest BCUT2D eigenvalue weighted by Gasteiger charge is -2.38. The fraction of sp³-hybridized carbons (Fsp3) is 0.595. The molecule has 5 amide bonds. The van der Waals surface area contributed by atoms with Gasteiger partial charge >= 0.3 is 11.9 Å². The summed E-state index contributed by atoms with van der Waals surface area (Å²) in [6.07, 6.45) is -6.42. The Morgan fingerprint density at radius 1 is 0.875 bits per heavy atom. The zero-order valence-corrected chi connectivity index (χ0v) is 32.1. The Labute approximate surface area is 323 Å². The molecular weight excluding hydrogens is 740 g/mol. The van der Waals surface area contributed by atoms with Gasteiger partial charge in [-0.15, -0.1) is 0 Å². The first kappa shape index (κ1) is 45.4. The molecule has 56 heavy (non-hydrogen) atoms. The Morgan fingerprint density at radius 3 is 2.20 bits per heavy atom. The van der Waals surface area contributed by atoms with Crippen LogP contribution in [0.25, 0.3) is 0 Å². The number of carbonyl (C=O) groups excluding carboxylic acids is 6. The smallest absolute Gasteiger partial charge is 0.335 e. The van der Waals surface area contributed by atoms with Crippen molar-refractivity contribution in [1.29, 1.82) is 0 Å². The van der Waals surface area contributed by atoms with Gasteiger partial charge in [0.15, 0.2) is 6.10 Å². The number of carbonyl (C=O) groups is 7. The van der Waals surface area contributed by atoms with Crippen LogP contribution >= 0.6 is 0 Å². The fourth-order valence-corrected chi connectivity index (χ4v) is 5.37. The maximum atomic E-state index is 13.1. The summed E-state index contributed by atoms with van der Waals surface area (Å²) in [5, 5.41) is 48.1. The number of carboxylic acid groups (broad SMARTS) is 1. The van der Waals surface area contributed by atoms with Crippen LogP contribution in [-0.2, 0) is 54.4 Å². The number of rotatable bonds is 21. The Bertz CT molecular complexity index is 1630. The molecule has 1 aromatic rings. The van der Waals surface area contributed by atoms with E-state index in [0.717, 1.165) is 17.1 Å². The first-order chi connectivity index (χ1) is 26.2. The summed E-state index contributed by atoms with van der Waals surface area (Å²) < 4.78 is 22.0. The summed E-state index contributed by atoms with van der Waals surface area (Å²) in [4.78, 5) is 85.8. The molecule has 0 saturated carbocycles. The van der Waals surface area contributed by atoms with Gasteiger partial charge in [0, 0.05) is 63.1 Å². The summed E-state index contributed by atoms with van der Waals surface area (Å²) >= 11 is 0. The highest BCUT2D eigenvalue weighted by Crippen LogP contribution is 2.31. The quantitative estimate of drug-likeness (QED) is 0.0632. The van der Waals surface area contributed by atoms with Crippen molar-refractivity contribution in [2.24, 2.45) is 5.41 Å². The molecule has 2 aliphatic heterocycles. The van der Waals surface area contributed by atoms with Gasteiger partial charge in [0.25, 0.3) is 11.8 Å². The van der Waals surface area contributed by atoms with Gasteiger partial charge in [0.1, 0.15) is 30.7 Å². The molecule has 19 nitrogen and oxygen atoms in total. The predicted octanol–water partition coefficient (Wildman–Crippen LogP) is -0.111. The maximum Gasteiger partial charge on any atom is 0.335 e. The minimum absolute atomic E-state index is 0.0135. The van der Waals surface area contributed by atoms with E-state index in [0.29, 0.717) is 18.4 Å². The molecule has 0 aromatic heterocycles. The Hall–Kier alpha value is -4.95. The number of nitrogens with zero attached hydrogens (tertiary/aromatic N) is 1. The minimum atomic E-state index is -1.94. The molecule has 2 heterocycles. The van der Waals surface area contributed by atoms with E-state index < -0.39 is 71.4 Å². The van der Waals surface area contributed by atoms with Crippen molar-refractivity contribution in [3.05, 3.63) is 35.9 Å². The van der Waals surface area contributed by atoms with Crippen molar-refractivity contribution < 1.29 is 72.9 Å². The molecule has 0 radical (unpaired) electrons. The number of anilines is 1. The molecule has 1 fully saturated rings. The number of ether oxygens (including phenoxy) is 4. The lowest BCUT2D eigenvalue weighted by Crippen LogP contribution is -2.61. The molecule has 19 heteroatoms. The number of aliphatic carboxylic acids is 1. The van der Waals surface area contributed by atoms with E-state index in [-0.39, 0.29) is 75.4 Å². The number of hydrogen-bond donors (Lipinski definition) is 7. The normalized spacial score (nSPS) is 21.1. The monoisotopic (exact) mass is 792 g/mol. The predicted molar refractivity (Wildman–Crippen MR) is 194 cm³/mol. The van der Waals surface area contributed by atoms with Crippen LogP contribution in [0.1, 0.15) is 72.3 Å². The van der Waals surface area contributed by atoms with Crippen LogP contribution in [-0.4, -0.2) is 129 Å². The molecule has 2 aliphatic rings. The standard InChI is InChI=1S/C37H52N4O15/c1-6-28(46)53-20-21-7-8-23(55-34-31(49)29(47)30(48)32(56-34)33(50)51)22(19-21)40-25(43)11-15-39-35(52)36(2,3)14-18-54-37(4,5)13-16-38-24(42)12-17-41-26(44)9-10-27(41)45/h7-10,19,29-32,34,47-49H,6,11-18,20H2,1-5H3,(H,38,42)(H,39,52)(H,40,43)(H,50,51)/t29-,30-,31+,32-,34+/m0/s1. The average molecular weight is 793 g/mol. The number of carboxylic acids is 1. The summed E-state index contributed by atoms with van der Waals surface area (Å²) in [6, 6.07) is 4.25.